The predicted octanol–water partition coefficient (Wildman–Crippen LogP) is 1.49. The molecule has 1 aromatic carbocycles. The van der Waals surface area contributed by atoms with Crippen LogP contribution in [-0.4, -0.2) is 52.9 Å². The lowest BCUT2D eigenvalue weighted by Crippen LogP contribution is -2.43. The topological polar surface area (TPSA) is 96.7 Å². The van der Waals surface area contributed by atoms with Crippen LogP contribution in [0.3, 0.4) is 0 Å². The number of nitrogens with one attached hydrogen (secondary N) is 1. The van der Waals surface area contributed by atoms with Crippen LogP contribution in [0, 0.1) is 5.92 Å². The molecule has 0 bridgehead atoms. The third-order valence-corrected chi connectivity index (χ3v) is 7.15. The lowest BCUT2D eigenvalue weighted by Gasteiger charge is -2.30. The third-order valence-electron chi connectivity index (χ3n) is 5.24. The van der Waals surface area contributed by atoms with Gasteiger partial charge in [-0.15, -0.1) is 10.2 Å². The number of hydrogen-bond acceptors (Lipinski definition) is 5. The van der Waals surface area contributed by atoms with Gasteiger partial charge in [0.25, 0.3) is 0 Å². The molecule has 4 rings (SSSR count). The van der Waals surface area contributed by atoms with E-state index in [4.69, 9.17) is 0 Å². The minimum Gasteiger partial charge on any atom is -0.355 e. The Morgan fingerprint density at radius 1 is 1.03 bits per heavy atom. The number of nitrogens with zero attached hydrogens (tertiary/aromatic N) is 4. The molecule has 2 aromatic heterocycles. The molecule has 1 aliphatic heterocycles. The normalized spacial score (nSPS) is 16.1. The highest BCUT2D eigenvalue weighted by Gasteiger charge is 2.31. The largest absolute Gasteiger partial charge is 0.355 e. The molecule has 3 heterocycles. The Bertz CT molecular complexity index is 1090. The van der Waals surface area contributed by atoms with Crippen molar-refractivity contribution < 1.29 is 13.2 Å². The van der Waals surface area contributed by atoms with Crippen molar-refractivity contribution in [2.24, 2.45) is 5.92 Å². The number of hydrogen-bond donors (Lipinski definition) is 1. The summed E-state index contributed by atoms with van der Waals surface area (Å²) in [5, 5.41) is 11.2. The fraction of sp³-hybridized carbons (Fsp3) is 0.350. The molecule has 8 nitrogen and oxygen atoms in total. The second-order valence-corrected chi connectivity index (χ2v) is 9.02. The lowest BCUT2D eigenvalue weighted by molar-refractivity contribution is -0.126. The van der Waals surface area contributed by atoms with E-state index in [2.05, 4.69) is 15.5 Å². The Balaban J connectivity index is 1.28. The summed E-state index contributed by atoms with van der Waals surface area (Å²) in [7, 11) is -3.49. The molecule has 0 atom stereocenters. The first-order chi connectivity index (χ1) is 14.1. The van der Waals surface area contributed by atoms with Gasteiger partial charge in [0.2, 0.25) is 15.9 Å². The van der Waals surface area contributed by atoms with Crippen molar-refractivity contribution >= 4 is 21.6 Å². The molecule has 3 aromatic rings. The van der Waals surface area contributed by atoms with Gasteiger partial charge in [-0.2, -0.15) is 4.31 Å². The van der Waals surface area contributed by atoms with Gasteiger partial charge in [-0.05, 0) is 37.1 Å². The number of amides is 1. The number of carbonyl (C=O) groups excluding carboxylic acids is 1. The van der Waals surface area contributed by atoms with Gasteiger partial charge in [-0.1, -0.05) is 24.3 Å². The predicted molar refractivity (Wildman–Crippen MR) is 108 cm³/mol. The SMILES string of the molecule is O=C(NCCc1nnc2ccccn12)C1CCN(S(=O)(=O)c2ccccc2)CC1. The minimum absolute atomic E-state index is 0.0319. The number of rotatable bonds is 6. The smallest absolute Gasteiger partial charge is 0.243 e. The molecule has 0 spiro atoms. The second-order valence-electron chi connectivity index (χ2n) is 7.08. The quantitative estimate of drug-likeness (QED) is 0.660. The number of pyridine rings is 1. The molecule has 1 aliphatic rings. The van der Waals surface area contributed by atoms with Crippen LogP contribution in [0.4, 0.5) is 0 Å². The minimum atomic E-state index is -3.49. The molecule has 0 unspecified atom stereocenters. The Labute approximate surface area is 169 Å². The van der Waals surface area contributed by atoms with Gasteiger partial charge in [-0.3, -0.25) is 9.20 Å². The van der Waals surface area contributed by atoms with Gasteiger partial charge in [0.15, 0.2) is 5.65 Å². The number of sulfonamides is 1. The summed E-state index contributed by atoms with van der Waals surface area (Å²) in [5.41, 5.74) is 0.779. The van der Waals surface area contributed by atoms with Gasteiger partial charge >= 0.3 is 0 Å². The van der Waals surface area contributed by atoms with Crippen LogP contribution >= 0.6 is 0 Å². The molecule has 1 amide bonds. The first-order valence-electron chi connectivity index (χ1n) is 9.67. The Morgan fingerprint density at radius 3 is 2.52 bits per heavy atom. The first-order valence-corrected chi connectivity index (χ1v) is 11.1. The highest BCUT2D eigenvalue weighted by molar-refractivity contribution is 7.89. The van der Waals surface area contributed by atoms with Gasteiger partial charge in [0.05, 0.1) is 4.90 Å². The van der Waals surface area contributed by atoms with Crippen LogP contribution in [0.2, 0.25) is 0 Å². The molecule has 1 N–H and O–H groups in total. The summed E-state index contributed by atoms with van der Waals surface area (Å²) in [5.74, 6) is 0.590. The zero-order valence-electron chi connectivity index (χ0n) is 15.9. The number of fused-ring (bicyclic) bond motifs is 1. The van der Waals surface area contributed by atoms with Crippen LogP contribution in [0.25, 0.3) is 5.65 Å². The van der Waals surface area contributed by atoms with Gasteiger partial charge < -0.3 is 5.32 Å². The molecule has 152 valence electrons. The average molecular weight is 414 g/mol. The van der Waals surface area contributed by atoms with Gasteiger partial charge in [0.1, 0.15) is 5.82 Å². The van der Waals surface area contributed by atoms with E-state index < -0.39 is 10.0 Å². The molecule has 1 saturated heterocycles. The van der Waals surface area contributed by atoms with Crippen molar-refractivity contribution in [3.8, 4) is 0 Å². The van der Waals surface area contributed by atoms with Crippen molar-refractivity contribution in [1.82, 2.24) is 24.2 Å². The van der Waals surface area contributed by atoms with Crippen molar-refractivity contribution in [1.29, 1.82) is 0 Å². The van der Waals surface area contributed by atoms with E-state index in [1.807, 2.05) is 28.8 Å². The van der Waals surface area contributed by atoms with E-state index in [-0.39, 0.29) is 11.8 Å². The van der Waals surface area contributed by atoms with E-state index in [1.54, 1.807) is 30.3 Å². The molecular formula is C20H23N5O3S. The average Bonchev–Trinajstić information content (AvgIpc) is 3.17. The first kappa shape index (κ1) is 19.5. The van der Waals surface area contributed by atoms with E-state index in [0.717, 1.165) is 11.5 Å². The highest BCUT2D eigenvalue weighted by Crippen LogP contribution is 2.23. The summed E-state index contributed by atoms with van der Waals surface area (Å²) in [6.07, 6.45) is 3.52. The maximum atomic E-state index is 12.7. The summed E-state index contributed by atoms with van der Waals surface area (Å²) in [6.45, 7) is 1.17. The van der Waals surface area contributed by atoms with Gasteiger partial charge in [-0.25, -0.2) is 8.42 Å². The maximum absolute atomic E-state index is 12.7. The van der Waals surface area contributed by atoms with Gasteiger partial charge in [0, 0.05) is 38.2 Å². The number of aromatic nitrogens is 3. The van der Waals surface area contributed by atoms with Crippen LogP contribution < -0.4 is 5.32 Å². The summed E-state index contributed by atoms with van der Waals surface area (Å²) < 4.78 is 28.7. The molecule has 1 fully saturated rings. The fourth-order valence-corrected chi connectivity index (χ4v) is 5.09. The zero-order chi connectivity index (χ0) is 20.3. The molecule has 0 radical (unpaired) electrons. The summed E-state index contributed by atoms with van der Waals surface area (Å²) in [4.78, 5) is 12.8. The van der Waals surface area contributed by atoms with E-state index >= 15 is 0 Å². The van der Waals surface area contributed by atoms with E-state index in [0.29, 0.717) is 43.8 Å². The maximum Gasteiger partial charge on any atom is 0.243 e. The van der Waals surface area contributed by atoms with Crippen LogP contribution in [0.1, 0.15) is 18.7 Å². The molecule has 9 heteroatoms. The van der Waals surface area contributed by atoms with Crippen molar-refractivity contribution in [3.63, 3.8) is 0 Å². The standard InChI is InChI=1S/C20H23N5O3S/c26-20(21-12-9-19-23-22-18-8-4-5-13-25(18)19)16-10-14-24(15-11-16)29(27,28)17-6-2-1-3-7-17/h1-8,13,16H,9-12,14-15H2,(H,21,26). The Hall–Kier alpha value is -2.78. The van der Waals surface area contributed by atoms with Crippen LogP contribution in [0.5, 0.6) is 0 Å². The van der Waals surface area contributed by atoms with Crippen LogP contribution in [0.15, 0.2) is 59.6 Å². The summed E-state index contributed by atoms with van der Waals surface area (Å²) >= 11 is 0. The van der Waals surface area contributed by atoms with E-state index in [1.165, 1.54) is 4.31 Å². The van der Waals surface area contributed by atoms with Crippen molar-refractivity contribution in [2.45, 2.75) is 24.2 Å². The Morgan fingerprint density at radius 2 is 1.76 bits per heavy atom. The van der Waals surface area contributed by atoms with Crippen molar-refractivity contribution in [2.75, 3.05) is 19.6 Å². The van der Waals surface area contributed by atoms with E-state index in [9.17, 15) is 13.2 Å². The lowest BCUT2D eigenvalue weighted by atomic mass is 9.97. The molecule has 0 saturated carbocycles. The zero-order valence-corrected chi connectivity index (χ0v) is 16.8. The number of piperidine rings is 1. The molecule has 0 aliphatic carbocycles. The van der Waals surface area contributed by atoms with Crippen molar-refractivity contribution in [3.05, 3.63) is 60.6 Å². The number of benzene rings is 1. The Kier molecular flexibility index (Phi) is 5.59. The summed E-state index contributed by atoms with van der Waals surface area (Å²) in [6, 6.07) is 14.1. The third kappa shape index (κ3) is 4.15. The van der Waals surface area contributed by atoms with Crippen LogP contribution in [-0.2, 0) is 21.2 Å². The fourth-order valence-electron chi connectivity index (χ4n) is 3.60. The monoisotopic (exact) mass is 413 g/mol. The second kappa shape index (κ2) is 8.30. The number of carbonyl (C=O) groups is 1. The molecular weight excluding hydrogens is 390 g/mol. The molecule has 29 heavy (non-hydrogen) atoms. The highest BCUT2D eigenvalue weighted by atomic mass is 32.2.